The maximum atomic E-state index is 13.0. The number of aryl methyl sites for hydroxylation is 1. The summed E-state index contributed by atoms with van der Waals surface area (Å²) in [6, 6.07) is 4.10. The van der Waals surface area contributed by atoms with Crippen molar-refractivity contribution in [2.45, 2.75) is 0 Å². The predicted octanol–water partition coefficient (Wildman–Crippen LogP) is 3.13. The molecule has 0 radical (unpaired) electrons. The molecule has 2 aromatic rings. The normalized spacial score (nSPS) is 10.4. The maximum absolute atomic E-state index is 13.0. The molecule has 0 aliphatic heterocycles. The standard InChI is InChI=1S/C11H7BrClFN2O2/c1-16-11(17)10(13)9(5-15-16)18-6-2-3-8(14)7(12)4-6/h2-5H,1H3. The van der Waals surface area contributed by atoms with Crippen LogP contribution in [0.25, 0.3) is 0 Å². The van der Waals surface area contributed by atoms with E-state index in [-0.39, 0.29) is 15.2 Å². The van der Waals surface area contributed by atoms with E-state index in [2.05, 4.69) is 21.0 Å². The second-order valence-electron chi connectivity index (χ2n) is 3.43. The molecule has 0 N–H and O–H groups in total. The molecule has 0 aliphatic rings. The molecule has 0 fully saturated rings. The molecule has 18 heavy (non-hydrogen) atoms. The fourth-order valence-corrected chi connectivity index (χ4v) is 1.80. The smallest absolute Gasteiger partial charge is 0.289 e. The van der Waals surface area contributed by atoms with Gasteiger partial charge in [0.15, 0.2) is 10.8 Å². The predicted molar refractivity (Wildman–Crippen MR) is 68.7 cm³/mol. The number of hydrogen-bond acceptors (Lipinski definition) is 3. The van der Waals surface area contributed by atoms with Crippen LogP contribution in [0.5, 0.6) is 11.5 Å². The Labute approximate surface area is 115 Å². The van der Waals surface area contributed by atoms with E-state index in [1.807, 2.05) is 0 Å². The summed E-state index contributed by atoms with van der Waals surface area (Å²) in [4.78, 5) is 11.5. The molecule has 0 bridgehead atoms. The van der Waals surface area contributed by atoms with Crippen molar-refractivity contribution in [1.29, 1.82) is 0 Å². The molecule has 0 saturated carbocycles. The van der Waals surface area contributed by atoms with Gasteiger partial charge in [-0.15, -0.1) is 0 Å². The molecule has 0 unspecified atom stereocenters. The van der Waals surface area contributed by atoms with Gasteiger partial charge in [-0.1, -0.05) is 11.6 Å². The minimum atomic E-state index is -0.463. The van der Waals surface area contributed by atoms with E-state index in [9.17, 15) is 9.18 Å². The highest BCUT2D eigenvalue weighted by molar-refractivity contribution is 9.10. The lowest BCUT2D eigenvalue weighted by atomic mass is 10.3. The SMILES string of the molecule is Cn1ncc(Oc2ccc(F)c(Br)c2)c(Cl)c1=O. The summed E-state index contributed by atoms with van der Waals surface area (Å²) in [6.07, 6.45) is 1.32. The summed E-state index contributed by atoms with van der Waals surface area (Å²) in [5.41, 5.74) is -0.463. The molecule has 0 aliphatic carbocycles. The first-order valence-corrected chi connectivity index (χ1v) is 6.01. The Kier molecular flexibility index (Phi) is 3.68. The van der Waals surface area contributed by atoms with Gasteiger partial charge in [-0.25, -0.2) is 9.07 Å². The third-order valence-electron chi connectivity index (χ3n) is 2.17. The lowest BCUT2D eigenvalue weighted by Gasteiger charge is -2.08. The van der Waals surface area contributed by atoms with Crippen LogP contribution < -0.4 is 10.3 Å². The van der Waals surface area contributed by atoms with Gasteiger partial charge in [0.1, 0.15) is 11.6 Å². The summed E-state index contributed by atoms with van der Waals surface area (Å²) < 4.78 is 19.8. The zero-order chi connectivity index (χ0) is 13.3. The third kappa shape index (κ3) is 2.54. The van der Waals surface area contributed by atoms with E-state index in [1.165, 1.54) is 31.4 Å². The van der Waals surface area contributed by atoms with Crippen molar-refractivity contribution in [2.75, 3.05) is 0 Å². The number of rotatable bonds is 2. The largest absolute Gasteiger partial charge is 0.454 e. The molecule has 1 heterocycles. The second kappa shape index (κ2) is 5.07. The van der Waals surface area contributed by atoms with E-state index in [1.54, 1.807) is 0 Å². The summed E-state index contributed by atoms with van der Waals surface area (Å²) in [5, 5.41) is 3.71. The van der Waals surface area contributed by atoms with Crippen LogP contribution in [0.15, 0.2) is 33.7 Å². The van der Waals surface area contributed by atoms with Gasteiger partial charge in [0.05, 0.1) is 10.7 Å². The van der Waals surface area contributed by atoms with E-state index < -0.39 is 11.4 Å². The van der Waals surface area contributed by atoms with Crippen LogP contribution in [0.1, 0.15) is 0 Å². The molecular formula is C11H7BrClFN2O2. The van der Waals surface area contributed by atoms with Crippen molar-refractivity contribution in [3.8, 4) is 11.5 Å². The molecule has 2 rings (SSSR count). The highest BCUT2D eigenvalue weighted by atomic mass is 79.9. The van der Waals surface area contributed by atoms with Crippen LogP contribution in [0.4, 0.5) is 4.39 Å². The van der Waals surface area contributed by atoms with Gasteiger partial charge in [-0.05, 0) is 34.1 Å². The van der Waals surface area contributed by atoms with Gasteiger partial charge in [-0.3, -0.25) is 4.79 Å². The molecular weight excluding hydrogens is 326 g/mol. The minimum Gasteiger partial charge on any atom is -0.454 e. The Morgan fingerprint density at radius 2 is 2.22 bits per heavy atom. The van der Waals surface area contributed by atoms with Crippen molar-refractivity contribution in [3.05, 3.63) is 50.1 Å². The zero-order valence-electron chi connectivity index (χ0n) is 9.15. The van der Waals surface area contributed by atoms with Gasteiger partial charge in [0, 0.05) is 7.05 Å². The number of hydrogen-bond donors (Lipinski definition) is 0. The Balaban J connectivity index is 2.37. The summed E-state index contributed by atoms with van der Waals surface area (Å²) in [7, 11) is 1.48. The van der Waals surface area contributed by atoms with Crippen molar-refractivity contribution in [1.82, 2.24) is 9.78 Å². The van der Waals surface area contributed by atoms with Crippen LogP contribution in [0.3, 0.4) is 0 Å². The van der Waals surface area contributed by atoms with E-state index in [0.717, 1.165) is 4.68 Å². The average molecular weight is 334 g/mol. The highest BCUT2D eigenvalue weighted by Gasteiger charge is 2.10. The molecule has 0 atom stereocenters. The first-order valence-electron chi connectivity index (χ1n) is 4.84. The lowest BCUT2D eigenvalue weighted by molar-refractivity contribution is 0.470. The minimum absolute atomic E-state index is 0.0760. The summed E-state index contributed by atoms with van der Waals surface area (Å²) in [5.74, 6) is 0.0639. The van der Waals surface area contributed by atoms with Crippen molar-refractivity contribution < 1.29 is 9.13 Å². The first-order chi connectivity index (χ1) is 8.49. The molecule has 4 nitrogen and oxygen atoms in total. The van der Waals surface area contributed by atoms with Gasteiger partial charge >= 0.3 is 0 Å². The summed E-state index contributed by atoms with van der Waals surface area (Å²) >= 11 is 8.87. The fourth-order valence-electron chi connectivity index (χ4n) is 1.23. The van der Waals surface area contributed by atoms with E-state index in [4.69, 9.17) is 16.3 Å². The quantitative estimate of drug-likeness (QED) is 0.848. The van der Waals surface area contributed by atoms with Gasteiger partial charge in [0.25, 0.3) is 5.56 Å². The average Bonchev–Trinajstić information content (AvgIpc) is 2.34. The molecule has 0 spiro atoms. The fraction of sp³-hybridized carbons (Fsp3) is 0.0909. The molecule has 7 heteroatoms. The number of nitrogens with zero attached hydrogens (tertiary/aromatic N) is 2. The van der Waals surface area contributed by atoms with Crippen molar-refractivity contribution in [2.24, 2.45) is 7.05 Å². The topological polar surface area (TPSA) is 44.1 Å². The van der Waals surface area contributed by atoms with Crippen LogP contribution >= 0.6 is 27.5 Å². The zero-order valence-corrected chi connectivity index (χ0v) is 11.5. The Hall–Kier alpha value is -1.40. The summed E-state index contributed by atoms with van der Waals surface area (Å²) in [6.45, 7) is 0. The number of aromatic nitrogens is 2. The Morgan fingerprint density at radius 1 is 1.50 bits per heavy atom. The number of ether oxygens (including phenoxy) is 1. The second-order valence-corrected chi connectivity index (χ2v) is 4.66. The van der Waals surface area contributed by atoms with E-state index >= 15 is 0 Å². The Bertz CT molecular complexity index is 660. The van der Waals surface area contributed by atoms with Crippen LogP contribution in [-0.2, 0) is 7.05 Å². The molecule has 94 valence electrons. The van der Waals surface area contributed by atoms with Gasteiger partial charge in [0.2, 0.25) is 0 Å². The molecule has 0 amide bonds. The van der Waals surface area contributed by atoms with Gasteiger partial charge in [-0.2, -0.15) is 5.10 Å². The van der Waals surface area contributed by atoms with Gasteiger partial charge < -0.3 is 4.74 Å². The number of halogens is 3. The monoisotopic (exact) mass is 332 g/mol. The number of benzene rings is 1. The maximum Gasteiger partial charge on any atom is 0.289 e. The van der Waals surface area contributed by atoms with Crippen molar-refractivity contribution >= 4 is 27.5 Å². The molecule has 0 saturated heterocycles. The first kappa shape index (κ1) is 13.0. The van der Waals surface area contributed by atoms with Crippen LogP contribution in [0, 0.1) is 5.82 Å². The lowest BCUT2D eigenvalue weighted by Crippen LogP contribution is -2.19. The van der Waals surface area contributed by atoms with Crippen LogP contribution in [-0.4, -0.2) is 9.78 Å². The van der Waals surface area contributed by atoms with Crippen LogP contribution in [0.2, 0.25) is 5.02 Å². The highest BCUT2D eigenvalue weighted by Crippen LogP contribution is 2.28. The van der Waals surface area contributed by atoms with Crippen molar-refractivity contribution in [3.63, 3.8) is 0 Å². The van der Waals surface area contributed by atoms with E-state index in [0.29, 0.717) is 5.75 Å². The third-order valence-corrected chi connectivity index (χ3v) is 3.12. The Morgan fingerprint density at radius 3 is 2.89 bits per heavy atom. The molecule has 1 aromatic heterocycles. The molecule has 1 aromatic carbocycles.